The van der Waals surface area contributed by atoms with Crippen LogP contribution in [0.25, 0.3) is 11.1 Å². The minimum absolute atomic E-state index is 0.0405. The number of carboxylic acid groups (broad SMARTS) is 4. The lowest BCUT2D eigenvalue weighted by atomic mass is 10.0. The lowest BCUT2D eigenvalue weighted by Crippen LogP contribution is -2.50. The van der Waals surface area contributed by atoms with Crippen LogP contribution >= 0.6 is 0 Å². The van der Waals surface area contributed by atoms with Gasteiger partial charge in [-0.05, 0) is 36.0 Å². The number of hydrogen-bond donors (Lipinski definition) is 8. The van der Waals surface area contributed by atoms with Crippen LogP contribution in [-0.4, -0.2) is 148 Å². The van der Waals surface area contributed by atoms with E-state index >= 15 is 0 Å². The molecule has 0 heterocycles. The molecule has 0 radical (unpaired) electrons. The number of nitrogens with one attached hydrogen (secondary N) is 3. The van der Waals surface area contributed by atoms with Gasteiger partial charge < -0.3 is 31.5 Å². The van der Waals surface area contributed by atoms with E-state index in [1.54, 1.807) is 4.90 Å². The fourth-order valence-electron chi connectivity index (χ4n) is 5.20. The number of hydrogen-bond acceptors (Lipinski definition) is 11. The molecule has 0 aliphatic rings. The number of nitrogens with zero attached hydrogens (tertiary/aromatic N) is 3. The van der Waals surface area contributed by atoms with E-state index in [-0.39, 0.29) is 52.1 Å². The van der Waals surface area contributed by atoms with Crippen molar-refractivity contribution in [2.24, 2.45) is 5.73 Å². The SMILES string of the molecule is N[C@H](Cc1ccc(-c2ccccc2)cc1)C(=O)NNC(=O)CCCCCNC(=O)CN(CCN(CC(=O)O)CC(=O)O)CCN(CC(=O)O)CC(=O)O. The first-order chi connectivity index (χ1) is 25.2. The van der Waals surface area contributed by atoms with Gasteiger partial charge >= 0.3 is 23.9 Å². The maximum atomic E-state index is 12.7. The number of carbonyl (C=O) groups excluding carboxylic acids is 3. The molecule has 0 saturated carbocycles. The number of hydrazine groups is 1. The summed E-state index contributed by atoms with van der Waals surface area (Å²) in [5.74, 6) is -6.32. The van der Waals surface area contributed by atoms with E-state index in [1.165, 1.54) is 0 Å². The third kappa shape index (κ3) is 19.7. The smallest absolute Gasteiger partial charge is 0.317 e. The fraction of sp³-hybridized carbons (Fsp3) is 0.457. The Labute approximate surface area is 306 Å². The molecule has 9 N–H and O–H groups in total. The first-order valence-corrected chi connectivity index (χ1v) is 17.0. The molecular weight excluding hydrogens is 694 g/mol. The second kappa shape index (κ2) is 23.9. The molecule has 0 spiro atoms. The van der Waals surface area contributed by atoms with E-state index in [0.717, 1.165) is 26.5 Å². The Bertz CT molecular complexity index is 1440. The Kier molecular flexibility index (Phi) is 19.7. The Balaban J connectivity index is 1.73. The maximum Gasteiger partial charge on any atom is 0.317 e. The molecule has 2 rings (SSSR count). The topological polar surface area (TPSA) is 272 Å². The molecular formula is C35H49N7O11. The van der Waals surface area contributed by atoms with Crippen LogP contribution in [0.4, 0.5) is 0 Å². The minimum atomic E-state index is -1.24. The number of unbranched alkanes of at least 4 members (excludes halogenated alkanes) is 2. The molecule has 0 aromatic heterocycles. The highest BCUT2D eigenvalue weighted by Crippen LogP contribution is 2.19. The van der Waals surface area contributed by atoms with E-state index in [0.29, 0.717) is 19.3 Å². The minimum Gasteiger partial charge on any atom is -0.480 e. The number of amides is 3. The average Bonchev–Trinajstić information content (AvgIpc) is 3.09. The maximum absolute atomic E-state index is 12.7. The van der Waals surface area contributed by atoms with Crippen molar-refractivity contribution in [1.29, 1.82) is 0 Å². The third-order valence-corrected chi connectivity index (χ3v) is 7.85. The highest BCUT2D eigenvalue weighted by Gasteiger charge is 2.20. The van der Waals surface area contributed by atoms with Crippen LogP contribution < -0.4 is 21.9 Å². The van der Waals surface area contributed by atoms with E-state index in [1.807, 2.05) is 54.6 Å². The highest BCUT2D eigenvalue weighted by atomic mass is 16.4. The van der Waals surface area contributed by atoms with Gasteiger partial charge in [0.25, 0.3) is 5.91 Å². The first-order valence-electron chi connectivity index (χ1n) is 17.0. The molecule has 2 aromatic rings. The number of nitrogens with two attached hydrogens (primary N) is 1. The van der Waals surface area contributed by atoms with E-state index in [2.05, 4.69) is 16.2 Å². The molecule has 53 heavy (non-hydrogen) atoms. The quantitative estimate of drug-likeness (QED) is 0.0437. The summed E-state index contributed by atoms with van der Waals surface area (Å²) in [6.07, 6.45) is 1.96. The van der Waals surface area contributed by atoms with E-state index in [9.17, 15) is 33.6 Å². The van der Waals surface area contributed by atoms with Gasteiger partial charge in [0.2, 0.25) is 11.8 Å². The lowest BCUT2D eigenvalue weighted by molar-refractivity contribution is -0.143. The van der Waals surface area contributed by atoms with E-state index in [4.69, 9.17) is 26.2 Å². The van der Waals surface area contributed by atoms with Crippen molar-refractivity contribution in [1.82, 2.24) is 30.9 Å². The zero-order chi connectivity index (χ0) is 39.2. The van der Waals surface area contributed by atoms with Crippen LogP contribution in [0.2, 0.25) is 0 Å². The Hall–Kier alpha value is -5.43. The Morgan fingerprint density at radius 2 is 1.06 bits per heavy atom. The largest absolute Gasteiger partial charge is 0.480 e. The Morgan fingerprint density at radius 1 is 0.566 bits per heavy atom. The molecule has 0 aliphatic heterocycles. The van der Waals surface area contributed by atoms with Crippen LogP contribution in [0.1, 0.15) is 31.2 Å². The van der Waals surface area contributed by atoms with Gasteiger partial charge in [-0.2, -0.15) is 0 Å². The lowest BCUT2D eigenvalue weighted by Gasteiger charge is -2.28. The van der Waals surface area contributed by atoms with Crippen LogP contribution in [0.5, 0.6) is 0 Å². The molecule has 0 saturated heterocycles. The number of carbonyl (C=O) groups is 7. The monoisotopic (exact) mass is 743 g/mol. The molecule has 2 aromatic carbocycles. The van der Waals surface area contributed by atoms with Gasteiger partial charge in [-0.25, -0.2) is 0 Å². The van der Waals surface area contributed by atoms with Crippen molar-refractivity contribution in [2.45, 2.75) is 38.1 Å². The molecule has 18 heteroatoms. The van der Waals surface area contributed by atoms with Crippen LogP contribution in [0, 0.1) is 0 Å². The van der Waals surface area contributed by atoms with Gasteiger partial charge in [0.15, 0.2) is 0 Å². The van der Waals surface area contributed by atoms with E-state index < -0.39 is 73.8 Å². The Morgan fingerprint density at radius 3 is 1.57 bits per heavy atom. The molecule has 0 aliphatic carbocycles. The summed E-state index contributed by atoms with van der Waals surface area (Å²) in [5, 5.41) is 39.2. The zero-order valence-electron chi connectivity index (χ0n) is 29.4. The first kappa shape index (κ1) is 43.7. The molecule has 0 fully saturated rings. The summed E-state index contributed by atoms with van der Waals surface area (Å²) in [4.78, 5) is 85.9. The summed E-state index contributed by atoms with van der Waals surface area (Å²) >= 11 is 0. The normalized spacial score (nSPS) is 11.6. The van der Waals surface area contributed by atoms with Gasteiger partial charge in [-0.1, -0.05) is 61.0 Å². The van der Waals surface area contributed by atoms with Crippen molar-refractivity contribution >= 4 is 41.6 Å². The van der Waals surface area contributed by atoms with Gasteiger partial charge in [0, 0.05) is 39.1 Å². The van der Waals surface area contributed by atoms with Crippen molar-refractivity contribution in [2.75, 3.05) is 65.4 Å². The van der Waals surface area contributed by atoms with Crippen molar-refractivity contribution < 1.29 is 54.0 Å². The van der Waals surface area contributed by atoms with Crippen LogP contribution in [0.3, 0.4) is 0 Å². The second-order valence-electron chi connectivity index (χ2n) is 12.3. The summed E-state index contributed by atoms with van der Waals surface area (Å²) < 4.78 is 0. The molecule has 290 valence electrons. The number of rotatable bonds is 26. The zero-order valence-corrected chi connectivity index (χ0v) is 29.4. The second-order valence-corrected chi connectivity index (χ2v) is 12.3. The summed E-state index contributed by atoms with van der Waals surface area (Å²) in [6.45, 7) is -2.16. The fourth-order valence-corrected chi connectivity index (χ4v) is 5.20. The molecule has 0 unspecified atom stereocenters. The molecule has 1 atom stereocenters. The standard InChI is InChI=1S/C35H49N7O11/c36-28(19-25-10-12-27(13-11-25)26-7-3-1-4-8-26)35(53)39-38-29(43)9-5-2-6-14-37-30(44)20-40(15-17-41(21-31(45)46)22-32(47)48)16-18-42(23-33(49)50)24-34(51)52/h1,3-4,7-8,10-13,28H,2,5-6,9,14-24,36H2,(H,37,44)(H,38,43)(H,39,53)(H,45,46)(H,47,48)(H,49,50)(H,51,52)/t28-/m1/s1. The van der Waals surface area contributed by atoms with Crippen molar-refractivity contribution in [3.05, 3.63) is 60.2 Å². The van der Waals surface area contributed by atoms with Crippen molar-refractivity contribution in [3.63, 3.8) is 0 Å². The predicted octanol–water partition coefficient (Wildman–Crippen LogP) is -0.708. The molecule has 0 bridgehead atoms. The van der Waals surface area contributed by atoms with Gasteiger partial charge in [0.1, 0.15) is 0 Å². The van der Waals surface area contributed by atoms with Gasteiger partial charge in [-0.3, -0.25) is 59.1 Å². The van der Waals surface area contributed by atoms with Crippen molar-refractivity contribution in [3.8, 4) is 11.1 Å². The van der Waals surface area contributed by atoms with Crippen LogP contribution in [-0.2, 0) is 40.0 Å². The third-order valence-electron chi connectivity index (χ3n) is 7.85. The van der Waals surface area contributed by atoms with Gasteiger partial charge in [0.05, 0.1) is 38.8 Å². The summed E-state index contributed by atoms with van der Waals surface area (Å²) in [7, 11) is 0. The average molecular weight is 744 g/mol. The number of aliphatic carboxylic acids is 4. The number of carboxylic acids is 4. The number of benzene rings is 2. The summed E-state index contributed by atoms with van der Waals surface area (Å²) in [6, 6.07) is 16.7. The molecule has 18 nitrogen and oxygen atoms in total. The highest BCUT2D eigenvalue weighted by molar-refractivity contribution is 5.85. The predicted molar refractivity (Wildman–Crippen MR) is 191 cm³/mol. The van der Waals surface area contributed by atoms with Crippen LogP contribution in [0.15, 0.2) is 54.6 Å². The van der Waals surface area contributed by atoms with Gasteiger partial charge in [-0.15, -0.1) is 0 Å². The summed E-state index contributed by atoms with van der Waals surface area (Å²) in [5.41, 5.74) is 13.7. The molecule has 3 amide bonds.